The number of nitrogens with one attached hydrogen (secondary N) is 2. The molecule has 8 heteroatoms. The maximum Gasteiger partial charge on any atom is 0.513 e. The van der Waals surface area contributed by atoms with Crippen LogP contribution in [0.1, 0.15) is 55.1 Å². The fourth-order valence-electron chi connectivity index (χ4n) is 3.47. The molecule has 0 radical (unpaired) electrons. The summed E-state index contributed by atoms with van der Waals surface area (Å²) in [5.74, 6) is 0.754. The second-order valence-electron chi connectivity index (χ2n) is 8.63. The van der Waals surface area contributed by atoms with Crippen LogP contribution in [0, 0.1) is 0 Å². The molecule has 0 aliphatic rings. The lowest BCUT2D eigenvalue weighted by atomic mass is 10.0. The van der Waals surface area contributed by atoms with Gasteiger partial charge < -0.3 is 24.8 Å². The second-order valence-corrected chi connectivity index (χ2v) is 8.63. The number of anilines is 1. The number of amides is 2. The number of benzene rings is 3. The highest BCUT2D eigenvalue weighted by atomic mass is 16.7. The van der Waals surface area contributed by atoms with E-state index in [9.17, 15) is 14.4 Å². The van der Waals surface area contributed by atoms with Crippen LogP contribution in [-0.2, 0) is 16.1 Å². The first-order chi connectivity index (χ1) is 17.8. The molecule has 0 spiro atoms. The number of hydrogen-bond acceptors (Lipinski definition) is 6. The lowest BCUT2D eigenvalue weighted by Crippen LogP contribution is -2.36. The Hall–Kier alpha value is -4.33. The molecule has 0 bridgehead atoms. The summed E-state index contributed by atoms with van der Waals surface area (Å²) in [5.41, 5.74) is 2.94. The minimum Gasteiger partial charge on any atom is -0.481 e. The van der Waals surface area contributed by atoms with E-state index in [0.29, 0.717) is 23.5 Å². The largest absolute Gasteiger partial charge is 0.513 e. The minimum absolute atomic E-state index is 0.214. The van der Waals surface area contributed by atoms with Crippen molar-refractivity contribution in [1.29, 1.82) is 0 Å². The summed E-state index contributed by atoms with van der Waals surface area (Å²) in [4.78, 5) is 36.5. The highest BCUT2D eigenvalue weighted by molar-refractivity contribution is 6.04. The van der Waals surface area contributed by atoms with Gasteiger partial charge in [-0.2, -0.15) is 0 Å². The molecule has 3 aromatic carbocycles. The number of hydrogen-bond donors (Lipinski definition) is 2. The Bertz CT molecular complexity index is 1210. The molecule has 194 valence electrons. The minimum atomic E-state index is -0.797. The van der Waals surface area contributed by atoms with Gasteiger partial charge in [0.25, 0.3) is 11.8 Å². The van der Waals surface area contributed by atoms with E-state index in [1.54, 1.807) is 38.1 Å². The van der Waals surface area contributed by atoms with Crippen LogP contribution in [0.15, 0.2) is 72.8 Å². The van der Waals surface area contributed by atoms with Gasteiger partial charge in [0, 0.05) is 17.8 Å². The van der Waals surface area contributed by atoms with Gasteiger partial charge in [-0.05, 0) is 73.4 Å². The maximum atomic E-state index is 12.6. The predicted molar refractivity (Wildman–Crippen MR) is 141 cm³/mol. The molecule has 0 saturated carbocycles. The Balaban J connectivity index is 1.49. The molecule has 1 atom stereocenters. The molecule has 0 aliphatic carbocycles. The van der Waals surface area contributed by atoms with Crippen LogP contribution in [0.5, 0.6) is 11.5 Å². The summed E-state index contributed by atoms with van der Waals surface area (Å²) in [5, 5.41) is 5.70. The van der Waals surface area contributed by atoms with Gasteiger partial charge >= 0.3 is 6.16 Å². The molecule has 0 saturated heterocycles. The van der Waals surface area contributed by atoms with E-state index in [1.807, 2.05) is 36.4 Å². The van der Waals surface area contributed by atoms with Crippen LogP contribution in [-0.4, -0.2) is 30.7 Å². The Kier molecular flexibility index (Phi) is 9.66. The number of rotatable bonds is 10. The molecule has 0 fully saturated rings. The van der Waals surface area contributed by atoms with Gasteiger partial charge in [0.1, 0.15) is 11.5 Å². The van der Waals surface area contributed by atoms with Crippen molar-refractivity contribution in [1.82, 2.24) is 5.32 Å². The molecule has 2 amide bonds. The lowest BCUT2D eigenvalue weighted by molar-refractivity contribution is -0.127. The van der Waals surface area contributed by atoms with Crippen molar-refractivity contribution in [3.63, 3.8) is 0 Å². The molecule has 1 unspecified atom stereocenters. The SMILES string of the molecule is CCOC(=O)Oc1ccc(C(=O)Nc2ccc(CNC(=O)C(C)Oc3ccccc3C(C)C)cc2)cc1. The zero-order valence-corrected chi connectivity index (χ0v) is 21.4. The van der Waals surface area contributed by atoms with Crippen LogP contribution in [0.25, 0.3) is 0 Å². The van der Waals surface area contributed by atoms with E-state index in [-0.39, 0.29) is 30.1 Å². The Morgan fingerprint density at radius 3 is 2.19 bits per heavy atom. The quantitative estimate of drug-likeness (QED) is 0.272. The first-order valence-electron chi connectivity index (χ1n) is 12.1. The number of carbonyl (C=O) groups excluding carboxylic acids is 3. The van der Waals surface area contributed by atoms with Gasteiger partial charge in [-0.1, -0.05) is 44.2 Å². The Morgan fingerprint density at radius 1 is 0.865 bits per heavy atom. The molecule has 2 N–H and O–H groups in total. The molecule has 3 rings (SSSR count). The van der Waals surface area contributed by atoms with E-state index < -0.39 is 12.3 Å². The zero-order valence-electron chi connectivity index (χ0n) is 21.4. The lowest BCUT2D eigenvalue weighted by Gasteiger charge is -2.18. The van der Waals surface area contributed by atoms with Crippen molar-refractivity contribution in [3.05, 3.63) is 89.5 Å². The summed E-state index contributed by atoms with van der Waals surface area (Å²) in [6.45, 7) is 8.11. The van der Waals surface area contributed by atoms with E-state index in [0.717, 1.165) is 11.1 Å². The smallest absolute Gasteiger partial charge is 0.481 e. The van der Waals surface area contributed by atoms with E-state index in [2.05, 4.69) is 24.5 Å². The van der Waals surface area contributed by atoms with Gasteiger partial charge in [0.2, 0.25) is 0 Å². The van der Waals surface area contributed by atoms with Gasteiger partial charge in [-0.25, -0.2) is 4.79 Å². The van der Waals surface area contributed by atoms with Crippen LogP contribution in [0.4, 0.5) is 10.5 Å². The molecule has 37 heavy (non-hydrogen) atoms. The molecule has 3 aromatic rings. The fraction of sp³-hybridized carbons (Fsp3) is 0.276. The molecular weight excluding hydrogens is 472 g/mol. The topological polar surface area (TPSA) is 103 Å². The average Bonchev–Trinajstić information content (AvgIpc) is 2.88. The number of ether oxygens (including phenoxy) is 3. The molecule has 0 aliphatic heterocycles. The standard InChI is InChI=1S/C29H32N2O6/c1-5-35-29(34)37-24-16-12-22(13-17-24)28(33)31-23-14-10-21(11-15-23)18-30-27(32)20(4)36-26-9-7-6-8-25(26)19(2)3/h6-17,19-20H,5,18H2,1-4H3,(H,30,32)(H,31,33). The van der Waals surface area contributed by atoms with Crippen molar-refractivity contribution >= 4 is 23.7 Å². The van der Waals surface area contributed by atoms with Gasteiger partial charge in [0.15, 0.2) is 6.10 Å². The summed E-state index contributed by atoms with van der Waals surface area (Å²) in [6, 6.07) is 21.0. The maximum absolute atomic E-state index is 12.6. The van der Waals surface area contributed by atoms with Gasteiger partial charge in [-0.3, -0.25) is 9.59 Å². The molecular formula is C29H32N2O6. The van der Waals surface area contributed by atoms with Crippen molar-refractivity contribution in [3.8, 4) is 11.5 Å². The summed E-state index contributed by atoms with van der Waals surface area (Å²) >= 11 is 0. The monoisotopic (exact) mass is 504 g/mol. The third-order valence-corrected chi connectivity index (χ3v) is 5.47. The number of para-hydroxylation sites is 1. The zero-order chi connectivity index (χ0) is 26.8. The number of carbonyl (C=O) groups is 3. The first-order valence-corrected chi connectivity index (χ1v) is 12.1. The van der Waals surface area contributed by atoms with E-state index >= 15 is 0 Å². The molecule has 8 nitrogen and oxygen atoms in total. The normalized spacial score (nSPS) is 11.4. The highest BCUT2D eigenvalue weighted by Gasteiger charge is 2.17. The van der Waals surface area contributed by atoms with E-state index in [4.69, 9.17) is 14.2 Å². The van der Waals surface area contributed by atoms with E-state index in [1.165, 1.54) is 12.1 Å². The van der Waals surface area contributed by atoms with Crippen LogP contribution >= 0.6 is 0 Å². The molecule has 0 heterocycles. The Labute approximate surface area is 216 Å². The summed E-state index contributed by atoms with van der Waals surface area (Å²) < 4.78 is 15.6. The van der Waals surface area contributed by atoms with Gasteiger partial charge in [-0.15, -0.1) is 0 Å². The highest BCUT2D eigenvalue weighted by Crippen LogP contribution is 2.26. The fourth-order valence-corrected chi connectivity index (χ4v) is 3.47. The summed E-state index contributed by atoms with van der Waals surface area (Å²) in [6.07, 6.45) is -1.44. The van der Waals surface area contributed by atoms with Crippen molar-refractivity contribution in [2.45, 2.75) is 46.3 Å². The first kappa shape index (κ1) is 27.3. The van der Waals surface area contributed by atoms with Crippen molar-refractivity contribution < 1.29 is 28.6 Å². The van der Waals surface area contributed by atoms with Crippen molar-refractivity contribution in [2.24, 2.45) is 0 Å². The predicted octanol–water partition coefficient (Wildman–Crippen LogP) is 5.68. The van der Waals surface area contributed by atoms with Crippen LogP contribution in [0.2, 0.25) is 0 Å². The second kappa shape index (κ2) is 13.1. The van der Waals surface area contributed by atoms with Crippen molar-refractivity contribution in [2.75, 3.05) is 11.9 Å². The third kappa shape index (κ3) is 8.10. The molecule has 0 aromatic heterocycles. The van der Waals surface area contributed by atoms with Crippen LogP contribution < -0.4 is 20.1 Å². The summed E-state index contributed by atoms with van der Waals surface area (Å²) in [7, 11) is 0. The van der Waals surface area contributed by atoms with Crippen LogP contribution in [0.3, 0.4) is 0 Å². The third-order valence-electron chi connectivity index (χ3n) is 5.47. The Morgan fingerprint density at radius 2 is 1.54 bits per heavy atom. The average molecular weight is 505 g/mol. The van der Waals surface area contributed by atoms with Gasteiger partial charge in [0.05, 0.1) is 6.61 Å².